The summed E-state index contributed by atoms with van der Waals surface area (Å²) in [4.78, 5) is 20.0. The molecule has 2 aromatic rings. The van der Waals surface area contributed by atoms with E-state index in [0.29, 0.717) is 16.1 Å². The molecular formula is C12H12BrN3O2. The van der Waals surface area contributed by atoms with Gasteiger partial charge in [-0.3, -0.25) is 4.79 Å². The van der Waals surface area contributed by atoms with Crippen LogP contribution in [0.4, 0.5) is 0 Å². The van der Waals surface area contributed by atoms with E-state index in [4.69, 9.17) is 4.42 Å². The number of aryl methyl sites for hydroxylation is 1. The monoisotopic (exact) mass is 309 g/mol. The molecule has 18 heavy (non-hydrogen) atoms. The average molecular weight is 310 g/mol. The molecule has 0 saturated heterocycles. The second-order valence-electron chi connectivity index (χ2n) is 3.87. The van der Waals surface area contributed by atoms with Gasteiger partial charge in [0.05, 0.1) is 11.8 Å². The van der Waals surface area contributed by atoms with E-state index < -0.39 is 0 Å². The lowest BCUT2D eigenvalue weighted by Crippen LogP contribution is -2.26. The Hall–Kier alpha value is -1.69. The number of hydrogen-bond acceptors (Lipinski definition) is 4. The number of carbonyl (C=O) groups excluding carboxylic acids is 1. The first-order valence-corrected chi connectivity index (χ1v) is 6.20. The van der Waals surface area contributed by atoms with Gasteiger partial charge in [0.15, 0.2) is 0 Å². The topological polar surface area (TPSA) is 68.0 Å². The Balaban J connectivity index is 2.05. The molecule has 2 heterocycles. The van der Waals surface area contributed by atoms with E-state index >= 15 is 0 Å². The molecule has 0 aliphatic heterocycles. The van der Waals surface area contributed by atoms with Gasteiger partial charge in [-0.1, -0.05) is 0 Å². The van der Waals surface area contributed by atoms with Gasteiger partial charge in [0.1, 0.15) is 16.4 Å². The quantitative estimate of drug-likeness (QED) is 0.885. The lowest BCUT2D eigenvalue weighted by Gasteiger charge is -2.10. The van der Waals surface area contributed by atoms with Crippen LogP contribution >= 0.6 is 15.9 Å². The molecule has 1 atom stereocenters. The van der Waals surface area contributed by atoms with E-state index in [2.05, 4.69) is 31.2 Å². The summed E-state index contributed by atoms with van der Waals surface area (Å²) in [7, 11) is 0. The number of aromatic nitrogens is 2. The van der Waals surface area contributed by atoms with Gasteiger partial charge >= 0.3 is 0 Å². The Morgan fingerprint density at radius 2 is 2.17 bits per heavy atom. The van der Waals surface area contributed by atoms with E-state index in [9.17, 15) is 4.79 Å². The molecule has 94 valence electrons. The van der Waals surface area contributed by atoms with Gasteiger partial charge in [0.25, 0.3) is 5.91 Å². The zero-order valence-corrected chi connectivity index (χ0v) is 11.6. The van der Waals surface area contributed by atoms with Crippen molar-refractivity contribution in [3.63, 3.8) is 0 Å². The van der Waals surface area contributed by atoms with Crippen LogP contribution in [-0.2, 0) is 0 Å². The molecule has 6 heteroatoms. The normalized spacial score (nSPS) is 12.2. The molecule has 2 aromatic heterocycles. The standard InChI is InChI=1S/C12H12BrN3O2/c1-7-5-15-12(18-7)8(2)16-11(17)9-3-4-10(13)14-6-9/h3-6,8H,1-2H3,(H,16,17). The molecule has 1 amide bonds. The van der Waals surface area contributed by atoms with Crippen LogP contribution in [-0.4, -0.2) is 15.9 Å². The van der Waals surface area contributed by atoms with Crippen molar-refractivity contribution in [1.29, 1.82) is 0 Å². The van der Waals surface area contributed by atoms with Crippen LogP contribution in [0.15, 0.2) is 33.5 Å². The molecular weight excluding hydrogens is 298 g/mol. The number of hydrogen-bond donors (Lipinski definition) is 1. The third-order valence-corrected chi connectivity index (χ3v) is 2.82. The van der Waals surface area contributed by atoms with Crippen LogP contribution in [0, 0.1) is 6.92 Å². The minimum absolute atomic E-state index is 0.210. The first-order valence-electron chi connectivity index (χ1n) is 5.41. The van der Waals surface area contributed by atoms with E-state index in [1.807, 2.05) is 13.8 Å². The second kappa shape index (κ2) is 5.30. The van der Waals surface area contributed by atoms with E-state index in [-0.39, 0.29) is 11.9 Å². The van der Waals surface area contributed by atoms with Crippen LogP contribution < -0.4 is 5.32 Å². The molecule has 0 fully saturated rings. The average Bonchev–Trinajstić information content (AvgIpc) is 2.76. The van der Waals surface area contributed by atoms with Crippen molar-refractivity contribution >= 4 is 21.8 Å². The van der Waals surface area contributed by atoms with Gasteiger partial charge in [0, 0.05) is 6.20 Å². The van der Waals surface area contributed by atoms with Crippen LogP contribution in [0.1, 0.15) is 35.0 Å². The van der Waals surface area contributed by atoms with E-state index in [1.165, 1.54) is 6.20 Å². The Labute approximate surface area is 113 Å². The summed E-state index contributed by atoms with van der Waals surface area (Å²) in [5, 5.41) is 2.79. The summed E-state index contributed by atoms with van der Waals surface area (Å²) >= 11 is 3.22. The predicted molar refractivity (Wildman–Crippen MR) is 69.1 cm³/mol. The molecule has 0 radical (unpaired) electrons. The molecule has 0 saturated carbocycles. The van der Waals surface area contributed by atoms with Crippen LogP contribution in [0.5, 0.6) is 0 Å². The zero-order chi connectivity index (χ0) is 13.1. The smallest absolute Gasteiger partial charge is 0.253 e. The van der Waals surface area contributed by atoms with Crippen molar-refractivity contribution in [3.8, 4) is 0 Å². The molecule has 2 rings (SSSR count). The van der Waals surface area contributed by atoms with E-state index in [1.54, 1.807) is 18.3 Å². The summed E-state index contributed by atoms with van der Waals surface area (Å²) in [6.07, 6.45) is 3.13. The van der Waals surface area contributed by atoms with E-state index in [0.717, 1.165) is 5.76 Å². The second-order valence-corrected chi connectivity index (χ2v) is 4.69. The maximum absolute atomic E-state index is 11.9. The highest BCUT2D eigenvalue weighted by atomic mass is 79.9. The van der Waals surface area contributed by atoms with Crippen molar-refractivity contribution in [3.05, 3.63) is 46.3 Å². The summed E-state index contributed by atoms with van der Waals surface area (Å²) in [6.45, 7) is 3.62. The van der Waals surface area contributed by atoms with Crippen molar-refractivity contribution in [2.45, 2.75) is 19.9 Å². The summed E-state index contributed by atoms with van der Waals surface area (Å²) < 4.78 is 6.04. The number of nitrogens with zero attached hydrogens (tertiary/aromatic N) is 2. The lowest BCUT2D eigenvalue weighted by atomic mass is 10.2. The Bertz CT molecular complexity index is 551. The molecule has 1 unspecified atom stereocenters. The highest BCUT2D eigenvalue weighted by Gasteiger charge is 2.15. The van der Waals surface area contributed by atoms with Gasteiger partial charge in [0.2, 0.25) is 5.89 Å². The number of pyridine rings is 1. The Kier molecular flexibility index (Phi) is 3.76. The number of rotatable bonds is 3. The Morgan fingerprint density at radius 1 is 1.39 bits per heavy atom. The van der Waals surface area contributed by atoms with Crippen molar-refractivity contribution < 1.29 is 9.21 Å². The molecule has 0 spiro atoms. The molecule has 0 bridgehead atoms. The number of halogens is 1. The molecule has 5 nitrogen and oxygen atoms in total. The van der Waals surface area contributed by atoms with Gasteiger partial charge in [-0.25, -0.2) is 9.97 Å². The Morgan fingerprint density at radius 3 is 2.72 bits per heavy atom. The predicted octanol–water partition coefficient (Wildman–Crippen LogP) is 2.63. The summed E-state index contributed by atoms with van der Waals surface area (Å²) in [5.74, 6) is 1.00. The zero-order valence-electron chi connectivity index (χ0n) is 9.98. The fourth-order valence-electron chi connectivity index (χ4n) is 1.42. The summed E-state index contributed by atoms with van der Waals surface area (Å²) in [5.41, 5.74) is 0.494. The van der Waals surface area contributed by atoms with Crippen LogP contribution in [0.2, 0.25) is 0 Å². The fraction of sp³-hybridized carbons (Fsp3) is 0.250. The number of carbonyl (C=O) groups is 1. The SMILES string of the molecule is Cc1cnc(C(C)NC(=O)c2ccc(Br)nc2)o1. The number of amides is 1. The van der Waals surface area contributed by atoms with Gasteiger partial charge in [-0.2, -0.15) is 0 Å². The summed E-state index contributed by atoms with van der Waals surface area (Å²) in [6, 6.07) is 3.13. The van der Waals surface area contributed by atoms with Crippen molar-refractivity contribution in [2.75, 3.05) is 0 Å². The van der Waals surface area contributed by atoms with Crippen LogP contribution in [0.3, 0.4) is 0 Å². The molecule has 1 N–H and O–H groups in total. The number of oxazole rings is 1. The van der Waals surface area contributed by atoms with Crippen molar-refractivity contribution in [2.24, 2.45) is 0 Å². The molecule has 0 aliphatic carbocycles. The first kappa shape index (κ1) is 12.8. The van der Waals surface area contributed by atoms with Gasteiger partial charge in [-0.05, 0) is 41.9 Å². The van der Waals surface area contributed by atoms with Gasteiger partial charge in [-0.15, -0.1) is 0 Å². The third-order valence-electron chi connectivity index (χ3n) is 2.35. The minimum atomic E-state index is -0.283. The fourth-order valence-corrected chi connectivity index (χ4v) is 1.66. The molecule has 0 aromatic carbocycles. The number of nitrogens with one attached hydrogen (secondary N) is 1. The maximum Gasteiger partial charge on any atom is 0.253 e. The highest BCUT2D eigenvalue weighted by molar-refractivity contribution is 9.10. The third kappa shape index (κ3) is 2.95. The first-order chi connectivity index (χ1) is 8.56. The largest absolute Gasteiger partial charge is 0.444 e. The highest BCUT2D eigenvalue weighted by Crippen LogP contribution is 2.13. The van der Waals surface area contributed by atoms with Crippen molar-refractivity contribution in [1.82, 2.24) is 15.3 Å². The molecule has 0 aliphatic rings. The lowest BCUT2D eigenvalue weighted by molar-refractivity contribution is 0.0933. The van der Waals surface area contributed by atoms with Crippen LogP contribution in [0.25, 0.3) is 0 Å². The van der Waals surface area contributed by atoms with Gasteiger partial charge < -0.3 is 9.73 Å². The maximum atomic E-state index is 11.9. The minimum Gasteiger partial charge on any atom is -0.444 e.